The number of hydrogen-bond donors (Lipinski definition) is 2. The summed E-state index contributed by atoms with van der Waals surface area (Å²) in [7, 11) is -1.01. The molecule has 0 bridgehead atoms. The standard InChI is InChI=1S/C23H17NO4S/c1-13-2-3-14-4-5-15-6-7-17(23-19(25)10-18(13)21(14)22(15)23)20(26)12-29-9-8-16(11-29)24(27)28/h2-11,25,29H,12H2,1H3. The molecule has 5 nitrogen and oxygen atoms in total. The number of allylic oxidation sites excluding steroid dienone is 1. The molecular formula is C23H17NO4S. The number of hydrogen-bond acceptors (Lipinski definition) is 4. The number of rotatable bonds is 4. The van der Waals surface area contributed by atoms with Gasteiger partial charge in [-0.05, 0) is 51.6 Å². The highest BCUT2D eigenvalue weighted by Gasteiger charge is 2.22. The van der Waals surface area contributed by atoms with Crippen LogP contribution in [0.15, 0.2) is 65.1 Å². The molecule has 0 saturated carbocycles. The molecule has 0 fully saturated rings. The fourth-order valence-corrected chi connectivity index (χ4v) is 5.79. The number of carbonyl (C=O) groups excluding carboxylic acids is 1. The lowest BCUT2D eigenvalue weighted by Gasteiger charge is -2.17. The summed E-state index contributed by atoms with van der Waals surface area (Å²) in [6.45, 7) is 2.01. The molecule has 1 aliphatic rings. The Balaban J connectivity index is 1.69. The second-order valence-corrected chi connectivity index (χ2v) is 9.20. The van der Waals surface area contributed by atoms with Gasteiger partial charge in [-0.1, -0.05) is 30.3 Å². The van der Waals surface area contributed by atoms with Crippen LogP contribution in [0.25, 0.3) is 32.3 Å². The van der Waals surface area contributed by atoms with Gasteiger partial charge in [0, 0.05) is 33.6 Å². The Bertz CT molecular complexity index is 1400. The Hall–Kier alpha value is -3.38. The van der Waals surface area contributed by atoms with Crippen molar-refractivity contribution < 1.29 is 14.8 Å². The van der Waals surface area contributed by atoms with Crippen molar-refractivity contribution >= 4 is 49.0 Å². The summed E-state index contributed by atoms with van der Waals surface area (Å²) in [5, 5.41) is 30.6. The summed E-state index contributed by atoms with van der Waals surface area (Å²) in [4.78, 5) is 23.6. The number of nitro groups is 1. The number of aryl methyl sites for hydroxylation is 1. The number of aromatic hydroxyl groups is 1. The summed E-state index contributed by atoms with van der Waals surface area (Å²) in [6, 6.07) is 13.5. The third-order valence-corrected chi connectivity index (χ3v) is 7.32. The van der Waals surface area contributed by atoms with E-state index in [1.54, 1.807) is 22.9 Å². The number of nitrogens with zero attached hydrogens (tertiary/aromatic N) is 1. The Morgan fingerprint density at radius 3 is 2.48 bits per heavy atom. The molecule has 0 spiro atoms. The summed E-state index contributed by atoms with van der Waals surface area (Å²) >= 11 is 0. The zero-order valence-electron chi connectivity index (χ0n) is 15.5. The van der Waals surface area contributed by atoms with Gasteiger partial charge in [0.1, 0.15) is 5.75 Å². The molecule has 1 atom stereocenters. The second-order valence-electron chi connectivity index (χ2n) is 7.30. The zero-order valence-corrected chi connectivity index (χ0v) is 16.4. The van der Waals surface area contributed by atoms with Crippen molar-refractivity contribution in [2.45, 2.75) is 6.92 Å². The molecule has 144 valence electrons. The molecule has 1 heterocycles. The summed E-state index contributed by atoms with van der Waals surface area (Å²) in [6.07, 6.45) is 1.46. The first-order valence-electron chi connectivity index (χ1n) is 9.17. The van der Waals surface area contributed by atoms with Crippen LogP contribution in [0.1, 0.15) is 15.9 Å². The third kappa shape index (κ3) is 2.68. The number of Topliss-reactive ketones (excluding diaryl/α,β-unsaturated/α-hetero) is 1. The lowest BCUT2D eigenvalue weighted by molar-refractivity contribution is -0.418. The average molecular weight is 403 g/mol. The Morgan fingerprint density at radius 2 is 1.76 bits per heavy atom. The van der Waals surface area contributed by atoms with Gasteiger partial charge in [-0.2, -0.15) is 10.9 Å². The number of ketones is 1. The minimum absolute atomic E-state index is 0.0395. The molecule has 29 heavy (non-hydrogen) atoms. The van der Waals surface area contributed by atoms with Crippen LogP contribution < -0.4 is 0 Å². The molecular weight excluding hydrogens is 386 g/mol. The van der Waals surface area contributed by atoms with Crippen molar-refractivity contribution in [1.82, 2.24) is 0 Å². The van der Waals surface area contributed by atoms with Crippen molar-refractivity contribution in [3.05, 3.63) is 86.3 Å². The monoisotopic (exact) mass is 403 g/mol. The van der Waals surface area contributed by atoms with Crippen LogP contribution in [-0.4, -0.2) is 21.6 Å². The topological polar surface area (TPSA) is 80.4 Å². The van der Waals surface area contributed by atoms with Crippen molar-refractivity contribution in [3.8, 4) is 5.75 Å². The van der Waals surface area contributed by atoms with E-state index in [2.05, 4.69) is 12.1 Å². The molecule has 5 rings (SSSR count). The highest BCUT2D eigenvalue weighted by Crippen LogP contribution is 2.43. The maximum atomic E-state index is 13.1. The van der Waals surface area contributed by atoms with E-state index in [9.17, 15) is 20.0 Å². The van der Waals surface area contributed by atoms with Crippen molar-refractivity contribution in [2.75, 3.05) is 5.75 Å². The van der Waals surface area contributed by atoms with E-state index in [1.807, 2.05) is 25.1 Å². The van der Waals surface area contributed by atoms with Gasteiger partial charge in [0.25, 0.3) is 5.70 Å². The SMILES string of the molecule is Cc1ccc2ccc3ccc(C(=O)C[SH]4C=CC([N+](=O)[O-])=C4)c4c(O)cc1c2c34. The molecule has 6 heteroatoms. The second kappa shape index (κ2) is 6.32. The van der Waals surface area contributed by atoms with E-state index in [1.165, 1.54) is 6.08 Å². The first kappa shape index (κ1) is 17.7. The van der Waals surface area contributed by atoms with Crippen LogP contribution in [0.5, 0.6) is 5.75 Å². The predicted octanol–water partition coefficient (Wildman–Crippen LogP) is 5.43. The van der Waals surface area contributed by atoms with E-state index in [-0.39, 0.29) is 23.0 Å². The Kier molecular flexibility index (Phi) is 3.86. The number of phenolic OH excluding ortho intramolecular Hbond substituents is 1. The average Bonchev–Trinajstić information content (AvgIpc) is 3.17. The quantitative estimate of drug-likeness (QED) is 0.157. The highest BCUT2D eigenvalue weighted by molar-refractivity contribution is 8.22. The molecule has 1 N–H and O–H groups in total. The first-order valence-corrected chi connectivity index (χ1v) is 10.8. The van der Waals surface area contributed by atoms with Gasteiger partial charge < -0.3 is 5.11 Å². The fraction of sp³-hybridized carbons (Fsp3) is 0.0870. The van der Waals surface area contributed by atoms with Gasteiger partial charge in [0.05, 0.1) is 4.92 Å². The molecule has 4 aromatic carbocycles. The van der Waals surface area contributed by atoms with Crippen LogP contribution in [0, 0.1) is 17.0 Å². The van der Waals surface area contributed by atoms with Gasteiger partial charge in [0.2, 0.25) is 0 Å². The molecule has 0 aliphatic carbocycles. The molecule has 0 saturated heterocycles. The molecule has 1 unspecified atom stereocenters. The summed E-state index contributed by atoms with van der Waals surface area (Å²) < 4.78 is 0. The van der Waals surface area contributed by atoms with E-state index in [0.29, 0.717) is 10.9 Å². The van der Waals surface area contributed by atoms with Crippen LogP contribution >= 0.6 is 10.9 Å². The van der Waals surface area contributed by atoms with Gasteiger partial charge in [-0.15, -0.1) is 0 Å². The minimum Gasteiger partial charge on any atom is -0.507 e. The molecule has 0 aromatic heterocycles. The molecule has 0 amide bonds. The largest absolute Gasteiger partial charge is 0.507 e. The number of carbonyl (C=O) groups is 1. The van der Waals surface area contributed by atoms with Gasteiger partial charge in [-0.25, -0.2) is 0 Å². The number of benzene rings is 4. The molecule has 0 radical (unpaired) electrons. The maximum absolute atomic E-state index is 13.1. The smallest absolute Gasteiger partial charge is 0.274 e. The highest BCUT2D eigenvalue weighted by atomic mass is 32.2. The van der Waals surface area contributed by atoms with Crippen LogP contribution in [0.2, 0.25) is 0 Å². The Morgan fingerprint density at radius 1 is 1.07 bits per heavy atom. The van der Waals surface area contributed by atoms with E-state index in [0.717, 1.165) is 32.5 Å². The summed E-state index contributed by atoms with van der Waals surface area (Å²) in [5.74, 6) is 0.155. The van der Waals surface area contributed by atoms with Gasteiger partial charge in [-0.3, -0.25) is 14.9 Å². The van der Waals surface area contributed by atoms with Crippen molar-refractivity contribution in [2.24, 2.45) is 0 Å². The summed E-state index contributed by atoms with van der Waals surface area (Å²) in [5.41, 5.74) is 1.57. The van der Waals surface area contributed by atoms with E-state index >= 15 is 0 Å². The fourth-order valence-electron chi connectivity index (χ4n) is 4.14. The lowest BCUT2D eigenvalue weighted by Crippen LogP contribution is -2.06. The normalized spacial score (nSPS) is 17.4. The van der Waals surface area contributed by atoms with Gasteiger partial charge >= 0.3 is 0 Å². The number of thiol groups is 1. The molecule has 1 aliphatic heterocycles. The number of phenols is 1. The van der Waals surface area contributed by atoms with E-state index in [4.69, 9.17) is 0 Å². The van der Waals surface area contributed by atoms with Crippen molar-refractivity contribution in [3.63, 3.8) is 0 Å². The Labute approximate surface area is 168 Å². The van der Waals surface area contributed by atoms with Crippen LogP contribution in [0.4, 0.5) is 0 Å². The predicted molar refractivity (Wildman–Crippen MR) is 119 cm³/mol. The first-order chi connectivity index (χ1) is 13.9. The van der Waals surface area contributed by atoms with Crippen molar-refractivity contribution in [1.29, 1.82) is 0 Å². The zero-order chi connectivity index (χ0) is 20.3. The third-order valence-electron chi connectivity index (χ3n) is 5.54. The van der Waals surface area contributed by atoms with Crippen LogP contribution in [-0.2, 0) is 0 Å². The van der Waals surface area contributed by atoms with Crippen LogP contribution in [0.3, 0.4) is 0 Å². The van der Waals surface area contributed by atoms with E-state index < -0.39 is 15.8 Å². The molecule has 4 aromatic rings. The maximum Gasteiger partial charge on any atom is 0.274 e. The lowest BCUT2D eigenvalue weighted by atomic mass is 9.89. The minimum atomic E-state index is -1.01. The van der Waals surface area contributed by atoms with Gasteiger partial charge in [0.15, 0.2) is 5.78 Å².